The minimum Gasteiger partial charge on any atom is -0.495 e. The number of ether oxygens (including phenoxy) is 1. The van der Waals surface area contributed by atoms with Gasteiger partial charge in [0, 0.05) is 23.9 Å². The predicted molar refractivity (Wildman–Crippen MR) is 51.3 cm³/mol. The lowest BCUT2D eigenvalue weighted by molar-refractivity contribution is -0.131. The number of nitrogens with one attached hydrogen (secondary N) is 1. The molecular formula is C10H9NO3. The van der Waals surface area contributed by atoms with Crippen molar-refractivity contribution < 1.29 is 14.6 Å². The summed E-state index contributed by atoms with van der Waals surface area (Å²) in [5, 5.41) is 9.97. The fourth-order valence-electron chi connectivity index (χ4n) is 1.32. The first kappa shape index (κ1) is 8.62. The Kier molecular flexibility index (Phi) is 1.89. The van der Waals surface area contributed by atoms with Crippen molar-refractivity contribution in [3.8, 4) is 11.6 Å². The molecule has 0 aliphatic carbocycles. The van der Waals surface area contributed by atoms with Gasteiger partial charge in [-0.15, -0.1) is 0 Å². The Hall–Kier alpha value is -1.97. The first-order valence-electron chi connectivity index (χ1n) is 4.15. The lowest BCUT2D eigenvalue weighted by atomic mass is 10.2. The first-order chi connectivity index (χ1) is 6.65. The molecule has 0 aliphatic heterocycles. The summed E-state index contributed by atoms with van der Waals surface area (Å²) in [7, 11) is 0. The summed E-state index contributed by atoms with van der Waals surface area (Å²) in [6.45, 7) is 1.35. The van der Waals surface area contributed by atoms with E-state index in [9.17, 15) is 4.79 Å². The highest BCUT2D eigenvalue weighted by atomic mass is 16.5. The third kappa shape index (κ3) is 1.54. The fourth-order valence-corrected chi connectivity index (χ4v) is 1.32. The Balaban J connectivity index is 2.45. The Morgan fingerprint density at radius 2 is 2.21 bits per heavy atom. The van der Waals surface area contributed by atoms with Crippen LogP contribution in [0.4, 0.5) is 0 Å². The molecule has 2 N–H and O–H groups in total. The predicted octanol–water partition coefficient (Wildman–Crippen LogP) is 1.80. The number of carbonyl (C=O) groups excluding carboxylic acids is 1. The van der Waals surface area contributed by atoms with E-state index >= 15 is 0 Å². The van der Waals surface area contributed by atoms with Crippen molar-refractivity contribution in [2.75, 3.05) is 0 Å². The van der Waals surface area contributed by atoms with Crippen LogP contribution in [0.25, 0.3) is 10.9 Å². The monoisotopic (exact) mass is 191 g/mol. The number of benzene rings is 1. The van der Waals surface area contributed by atoms with E-state index in [4.69, 9.17) is 9.84 Å². The molecule has 0 aliphatic rings. The zero-order valence-corrected chi connectivity index (χ0v) is 7.57. The molecular weight excluding hydrogens is 182 g/mol. The van der Waals surface area contributed by atoms with Gasteiger partial charge in [0.25, 0.3) is 0 Å². The summed E-state index contributed by atoms with van der Waals surface area (Å²) in [6, 6.07) is 6.67. The zero-order valence-electron chi connectivity index (χ0n) is 7.57. The van der Waals surface area contributed by atoms with Crippen LogP contribution in [-0.2, 0) is 4.79 Å². The van der Waals surface area contributed by atoms with Gasteiger partial charge in [-0.05, 0) is 18.2 Å². The smallest absolute Gasteiger partial charge is 0.308 e. The van der Waals surface area contributed by atoms with Crippen LogP contribution in [0.15, 0.2) is 24.3 Å². The number of fused-ring (bicyclic) bond motifs is 1. The lowest BCUT2D eigenvalue weighted by Crippen LogP contribution is -2.00. The standard InChI is InChI=1S/C10H9NO3/c1-6(12)14-8-2-3-9-7(4-8)5-10(13)11-9/h2-5,11,13H,1H3. The number of carbonyl (C=O) groups is 1. The van der Waals surface area contributed by atoms with Crippen molar-refractivity contribution in [3.63, 3.8) is 0 Å². The van der Waals surface area contributed by atoms with Crippen LogP contribution in [-0.4, -0.2) is 16.1 Å². The van der Waals surface area contributed by atoms with Crippen LogP contribution in [0.5, 0.6) is 11.6 Å². The summed E-state index contributed by atoms with van der Waals surface area (Å²) in [5.41, 5.74) is 0.804. The highest BCUT2D eigenvalue weighted by molar-refractivity contribution is 5.83. The number of rotatable bonds is 1. The van der Waals surface area contributed by atoms with Gasteiger partial charge >= 0.3 is 5.97 Å². The van der Waals surface area contributed by atoms with Gasteiger partial charge in [-0.3, -0.25) is 4.79 Å². The van der Waals surface area contributed by atoms with E-state index in [-0.39, 0.29) is 11.8 Å². The molecule has 0 bridgehead atoms. The van der Waals surface area contributed by atoms with Gasteiger partial charge in [-0.2, -0.15) is 0 Å². The van der Waals surface area contributed by atoms with E-state index in [1.54, 1.807) is 24.3 Å². The van der Waals surface area contributed by atoms with Crippen LogP contribution in [0.2, 0.25) is 0 Å². The summed E-state index contributed by atoms with van der Waals surface area (Å²) >= 11 is 0. The first-order valence-corrected chi connectivity index (χ1v) is 4.15. The van der Waals surface area contributed by atoms with Gasteiger partial charge < -0.3 is 14.8 Å². The molecule has 4 heteroatoms. The SMILES string of the molecule is CC(=O)Oc1ccc2[nH]c(O)cc2c1. The Morgan fingerprint density at radius 3 is 2.93 bits per heavy atom. The number of aromatic nitrogens is 1. The van der Waals surface area contributed by atoms with Crippen molar-refractivity contribution in [1.82, 2.24) is 4.98 Å². The third-order valence-electron chi connectivity index (χ3n) is 1.84. The van der Waals surface area contributed by atoms with Crippen LogP contribution < -0.4 is 4.74 Å². The van der Waals surface area contributed by atoms with Crippen molar-refractivity contribution in [3.05, 3.63) is 24.3 Å². The van der Waals surface area contributed by atoms with Crippen LogP contribution >= 0.6 is 0 Å². The van der Waals surface area contributed by atoms with E-state index in [1.807, 2.05) is 0 Å². The molecule has 0 saturated heterocycles. The number of hydrogen-bond acceptors (Lipinski definition) is 3. The second kappa shape index (κ2) is 3.06. The van der Waals surface area contributed by atoms with Gasteiger partial charge in [-0.25, -0.2) is 0 Å². The van der Waals surface area contributed by atoms with Crippen LogP contribution in [0.3, 0.4) is 0 Å². The normalized spacial score (nSPS) is 10.4. The Labute approximate surface area is 80.1 Å². The van der Waals surface area contributed by atoms with E-state index in [0.29, 0.717) is 5.75 Å². The molecule has 14 heavy (non-hydrogen) atoms. The molecule has 0 saturated carbocycles. The lowest BCUT2D eigenvalue weighted by Gasteiger charge is -1.99. The Bertz CT molecular complexity index is 487. The number of H-pyrrole nitrogens is 1. The van der Waals surface area contributed by atoms with E-state index in [1.165, 1.54) is 6.92 Å². The molecule has 2 aromatic rings. The maximum Gasteiger partial charge on any atom is 0.308 e. The second-order valence-corrected chi connectivity index (χ2v) is 3.00. The molecule has 4 nitrogen and oxygen atoms in total. The number of aromatic amines is 1. The summed E-state index contributed by atoms with van der Waals surface area (Å²) in [4.78, 5) is 13.4. The van der Waals surface area contributed by atoms with Gasteiger partial charge in [0.05, 0.1) is 0 Å². The maximum absolute atomic E-state index is 10.7. The summed E-state index contributed by atoms with van der Waals surface area (Å²) in [5.74, 6) is 0.216. The summed E-state index contributed by atoms with van der Waals surface area (Å²) < 4.78 is 4.90. The number of aromatic hydroxyl groups is 1. The molecule has 0 atom stereocenters. The molecule has 72 valence electrons. The molecule has 0 amide bonds. The van der Waals surface area contributed by atoms with E-state index < -0.39 is 0 Å². The van der Waals surface area contributed by atoms with Crippen LogP contribution in [0, 0.1) is 0 Å². The highest BCUT2D eigenvalue weighted by Gasteiger charge is 2.02. The van der Waals surface area contributed by atoms with Crippen molar-refractivity contribution in [1.29, 1.82) is 0 Å². The second-order valence-electron chi connectivity index (χ2n) is 3.00. The minimum absolute atomic E-state index is 0.0972. The average Bonchev–Trinajstić information content (AvgIpc) is 2.42. The topological polar surface area (TPSA) is 62.3 Å². The van der Waals surface area contributed by atoms with Gasteiger partial charge in [0.15, 0.2) is 5.88 Å². The molecule has 1 aromatic heterocycles. The van der Waals surface area contributed by atoms with Gasteiger partial charge in [-0.1, -0.05) is 0 Å². The molecule has 0 fully saturated rings. The largest absolute Gasteiger partial charge is 0.495 e. The fraction of sp³-hybridized carbons (Fsp3) is 0.100. The van der Waals surface area contributed by atoms with Crippen molar-refractivity contribution >= 4 is 16.9 Å². The number of hydrogen-bond donors (Lipinski definition) is 2. The van der Waals surface area contributed by atoms with E-state index in [0.717, 1.165) is 10.9 Å². The average molecular weight is 191 g/mol. The zero-order chi connectivity index (χ0) is 10.1. The third-order valence-corrected chi connectivity index (χ3v) is 1.84. The molecule has 0 spiro atoms. The van der Waals surface area contributed by atoms with E-state index in [2.05, 4.69) is 4.98 Å². The molecule has 0 radical (unpaired) electrons. The van der Waals surface area contributed by atoms with Crippen molar-refractivity contribution in [2.24, 2.45) is 0 Å². The van der Waals surface area contributed by atoms with Gasteiger partial charge in [0.1, 0.15) is 5.75 Å². The molecule has 2 rings (SSSR count). The van der Waals surface area contributed by atoms with Crippen LogP contribution in [0.1, 0.15) is 6.92 Å². The quantitative estimate of drug-likeness (QED) is 0.533. The van der Waals surface area contributed by atoms with Crippen molar-refractivity contribution in [2.45, 2.75) is 6.92 Å². The molecule has 0 unspecified atom stereocenters. The summed E-state index contributed by atoms with van der Waals surface area (Å²) in [6.07, 6.45) is 0. The Morgan fingerprint density at radius 1 is 1.43 bits per heavy atom. The number of esters is 1. The minimum atomic E-state index is -0.357. The molecule has 1 aromatic carbocycles. The maximum atomic E-state index is 10.7. The highest BCUT2D eigenvalue weighted by Crippen LogP contribution is 2.23. The van der Waals surface area contributed by atoms with Gasteiger partial charge in [0.2, 0.25) is 0 Å². The molecule has 1 heterocycles.